The minimum absolute atomic E-state index is 0.159. The summed E-state index contributed by atoms with van der Waals surface area (Å²) < 4.78 is 0. The van der Waals surface area contributed by atoms with Crippen LogP contribution in [0.2, 0.25) is 0 Å². The smallest absolute Gasteiger partial charge is 0.0240 e. The summed E-state index contributed by atoms with van der Waals surface area (Å²) >= 11 is 0. The van der Waals surface area contributed by atoms with Gasteiger partial charge < -0.3 is 0 Å². The zero-order valence-corrected chi connectivity index (χ0v) is 11.6. The van der Waals surface area contributed by atoms with Gasteiger partial charge in [0, 0.05) is 0 Å². The Morgan fingerprint density at radius 2 is 1.56 bits per heavy atom. The molecule has 0 nitrogen and oxygen atoms in total. The van der Waals surface area contributed by atoms with E-state index in [0.717, 1.165) is 5.92 Å². The van der Waals surface area contributed by atoms with Gasteiger partial charge in [0.05, 0.1) is 0 Å². The van der Waals surface area contributed by atoms with Crippen molar-refractivity contribution in [1.82, 2.24) is 0 Å². The minimum atomic E-state index is 0.159. The predicted octanol–water partition coefficient (Wildman–Crippen LogP) is 4.25. The van der Waals surface area contributed by atoms with Crippen molar-refractivity contribution in [3.05, 3.63) is 30.3 Å². The Morgan fingerprint density at radius 1 is 1.00 bits per heavy atom. The molecule has 1 heterocycles. The van der Waals surface area contributed by atoms with Crippen molar-refractivity contribution in [1.29, 1.82) is 0 Å². The van der Waals surface area contributed by atoms with E-state index in [2.05, 4.69) is 51.1 Å². The summed E-state index contributed by atoms with van der Waals surface area (Å²) in [6.07, 6.45) is 5.76. The summed E-state index contributed by atoms with van der Waals surface area (Å²) in [4.78, 5) is 0. The molecule has 0 aromatic heterocycles. The summed E-state index contributed by atoms with van der Waals surface area (Å²) in [6, 6.07) is 11.1. The Kier molecular flexibility index (Phi) is 3.70. The average Bonchev–Trinajstić information content (AvgIpc) is 2.29. The second kappa shape index (κ2) is 4.88. The van der Waals surface area contributed by atoms with Crippen LogP contribution in [0, 0.1) is 11.3 Å². The summed E-state index contributed by atoms with van der Waals surface area (Å²) in [5.41, 5.74) is 0.512. The SMILES string of the molecule is CC(C)(C)C1CCP(c2ccccc2)CC1. The molecule has 1 fully saturated rings. The van der Waals surface area contributed by atoms with Gasteiger partial charge in [0.2, 0.25) is 0 Å². The molecule has 0 spiro atoms. The van der Waals surface area contributed by atoms with Crippen molar-refractivity contribution in [2.45, 2.75) is 33.6 Å². The van der Waals surface area contributed by atoms with Crippen LogP contribution in [-0.4, -0.2) is 12.3 Å². The Hall–Kier alpha value is -0.350. The van der Waals surface area contributed by atoms with E-state index in [9.17, 15) is 0 Å². The number of hydrogen-bond donors (Lipinski definition) is 0. The van der Waals surface area contributed by atoms with Crippen LogP contribution in [0.1, 0.15) is 33.6 Å². The van der Waals surface area contributed by atoms with E-state index >= 15 is 0 Å². The Balaban J connectivity index is 1.96. The lowest BCUT2D eigenvalue weighted by molar-refractivity contribution is 0.224. The highest BCUT2D eigenvalue weighted by atomic mass is 31.1. The van der Waals surface area contributed by atoms with Crippen LogP contribution in [-0.2, 0) is 0 Å². The fourth-order valence-electron chi connectivity index (χ4n) is 2.64. The molecule has 1 aliphatic heterocycles. The van der Waals surface area contributed by atoms with Crippen molar-refractivity contribution >= 4 is 13.2 Å². The molecule has 0 unspecified atom stereocenters. The molecule has 0 amide bonds. The van der Waals surface area contributed by atoms with Crippen molar-refractivity contribution in [2.75, 3.05) is 12.3 Å². The first-order chi connectivity index (χ1) is 7.57. The largest absolute Gasteiger partial charge is 0.0753 e. The maximum atomic E-state index is 2.40. The van der Waals surface area contributed by atoms with Gasteiger partial charge in [-0.3, -0.25) is 0 Å². The van der Waals surface area contributed by atoms with Crippen molar-refractivity contribution in [3.63, 3.8) is 0 Å². The molecule has 1 saturated heterocycles. The maximum Gasteiger partial charge on any atom is -0.0240 e. The Labute approximate surface area is 101 Å². The van der Waals surface area contributed by atoms with Crippen molar-refractivity contribution in [2.24, 2.45) is 11.3 Å². The molecule has 1 aromatic carbocycles. The highest BCUT2D eigenvalue weighted by Gasteiger charge is 2.29. The van der Waals surface area contributed by atoms with Gasteiger partial charge in [-0.15, -0.1) is 0 Å². The van der Waals surface area contributed by atoms with E-state index in [1.807, 2.05) is 0 Å². The average molecular weight is 234 g/mol. The summed E-state index contributed by atoms with van der Waals surface area (Å²) in [5, 5.41) is 1.62. The van der Waals surface area contributed by atoms with Crippen molar-refractivity contribution < 1.29 is 0 Å². The zero-order chi connectivity index (χ0) is 11.6. The molecule has 0 N–H and O–H groups in total. The van der Waals surface area contributed by atoms with E-state index < -0.39 is 0 Å². The molecule has 2 rings (SSSR count). The van der Waals surface area contributed by atoms with Gasteiger partial charge in [0.15, 0.2) is 0 Å². The quantitative estimate of drug-likeness (QED) is 0.637. The van der Waals surface area contributed by atoms with Gasteiger partial charge in [-0.05, 0) is 41.8 Å². The third-order valence-electron chi connectivity index (χ3n) is 3.84. The fourth-order valence-corrected chi connectivity index (χ4v) is 5.22. The topological polar surface area (TPSA) is 0 Å². The molecule has 16 heavy (non-hydrogen) atoms. The highest BCUT2D eigenvalue weighted by molar-refractivity contribution is 7.65. The van der Waals surface area contributed by atoms with Crippen LogP contribution in [0.5, 0.6) is 0 Å². The fraction of sp³-hybridized carbons (Fsp3) is 0.600. The van der Waals surface area contributed by atoms with Crippen LogP contribution in [0.3, 0.4) is 0 Å². The molecular formula is C15H23P. The van der Waals surface area contributed by atoms with E-state index in [1.54, 1.807) is 5.30 Å². The van der Waals surface area contributed by atoms with Gasteiger partial charge in [-0.2, -0.15) is 0 Å². The molecule has 0 atom stereocenters. The normalized spacial score (nSPS) is 26.7. The standard InChI is InChI=1S/C15H23P/c1-15(2,3)13-9-11-16(12-10-13)14-7-5-4-6-8-14/h4-8,13H,9-12H2,1-3H3. The second-order valence-electron chi connectivity index (χ2n) is 5.96. The lowest BCUT2D eigenvalue weighted by Crippen LogP contribution is -2.27. The van der Waals surface area contributed by atoms with Gasteiger partial charge >= 0.3 is 0 Å². The van der Waals surface area contributed by atoms with E-state index in [0.29, 0.717) is 5.41 Å². The number of rotatable bonds is 1. The molecule has 88 valence electrons. The van der Waals surface area contributed by atoms with Gasteiger partial charge in [-0.1, -0.05) is 59.0 Å². The molecule has 0 radical (unpaired) electrons. The zero-order valence-electron chi connectivity index (χ0n) is 10.7. The van der Waals surface area contributed by atoms with Crippen molar-refractivity contribution in [3.8, 4) is 0 Å². The minimum Gasteiger partial charge on any atom is -0.0753 e. The van der Waals surface area contributed by atoms with Gasteiger partial charge in [0.25, 0.3) is 0 Å². The lowest BCUT2D eigenvalue weighted by Gasteiger charge is -2.37. The third kappa shape index (κ3) is 2.86. The lowest BCUT2D eigenvalue weighted by atomic mass is 9.77. The Morgan fingerprint density at radius 3 is 2.06 bits per heavy atom. The summed E-state index contributed by atoms with van der Waals surface area (Å²) in [5.74, 6) is 0.940. The first-order valence-corrected chi connectivity index (χ1v) is 8.08. The Bertz CT molecular complexity index is 315. The molecule has 1 heteroatoms. The van der Waals surface area contributed by atoms with Crippen LogP contribution >= 0.6 is 7.92 Å². The monoisotopic (exact) mass is 234 g/mol. The van der Waals surface area contributed by atoms with E-state index in [1.165, 1.54) is 25.2 Å². The molecule has 1 aromatic rings. The van der Waals surface area contributed by atoms with Crippen LogP contribution < -0.4 is 5.30 Å². The molecule has 0 saturated carbocycles. The first kappa shape index (κ1) is 12.1. The highest BCUT2D eigenvalue weighted by Crippen LogP contribution is 2.47. The number of benzene rings is 1. The predicted molar refractivity (Wildman–Crippen MR) is 74.9 cm³/mol. The molecule has 0 aliphatic carbocycles. The summed E-state index contributed by atoms with van der Waals surface area (Å²) in [7, 11) is 0.159. The van der Waals surface area contributed by atoms with Crippen LogP contribution in [0.25, 0.3) is 0 Å². The first-order valence-electron chi connectivity index (χ1n) is 6.37. The van der Waals surface area contributed by atoms with E-state index in [-0.39, 0.29) is 7.92 Å². The third-order valence-corrected chi connectivity index (χ3v) is 6.47. The summed E-state index contributed by atoms with van der Waals surface area (Å²) in [6.45, 7) is 7.19. The molecule has 0 bridgehead atoms. The second-order valence-corrected chi connectivity index (χ2v) is 8.45. The van der Waals surface area contributed by atoms with Gasteiger partial charge in [0.1, 0.15) is 0 Å². The molecule has 1 aliphatic rings. The molecular weight excluding hydrogens is 211 g/mol. The maximum absolute atomic E-state index is 2.40. The number of hydrogen-bond acceptors (Lipinski definition) is 0. The van der Waals surface area contributed by atoms with Crippen LogP contribution in [0.4, 0.5) is 0 Å². The van der Waals surface area contributed by atoms with Gasteiger partial charge in [-0.25, -0.2) is 0 Å². The van der Waals surface area contributed by atoms with Crippen LogP contribution in [0.15, 0.2) is 30.3 Å². The van der Waals surface area contributed by atoms with E-state index in [4.69, 9.17) is 0 Å².